The van der Waals surface area contributed by atoms with Crippen molar-refractivity contribution in [1.82, 2.24) is 10.1 Å². The molecule has 0 fully saturated rings. The topological polar surface area (TPSA) is 97.1 Å². The second-order valence-corrected chi connectivity index (χ2v) is 8.96. The van der Waals surface area contributed by atoms with E-state index < -0.39 is 0 Å². The summed E-state index contributed by atoms with van der Waals surface area (Å²) in [4.78, 5) is 30.1. The number of rotatable bonds is 6. The summed E-state index contributed by atoms with van der Waals surface area (Å²) in [6.07, 6.45) is 3.17. The molecular weight excluding hydrogens is 372 g/mol. The average molecular weight is 395 g/mol. The van der Waals surface area contributed by atoms with Gasteiger partial charge < -0.3 is 15.2 Å². The molecule has 0 spiro atoms. The number of nitrogens with one attached hydrogen (secondary N) is 2. The third-order valence-electron chi connectivity index (χ3n) is 4.15. The number of anilines is 2. The Labute approximate surface area is 160 Å². The number of fused-ring (bicyclic) bond motifs is 1. The lowest BCUT2D eigenvalue weighted by Gasteiger charge is -2.15. The zero-order valence-corrected chi connectivity index (χ0v) is 16.6. The number of hydrogen-bond donors (Lipinski definition) is 2. The molecule has 0 saturated heterocycles. The molecule has 0 saturated carbocycles. The van der Waals surface area contributed by atoms with E-state index in [1.165, 1.54) is 16.6 Å². The molecule has 1 aliphatic carbocycles. The van der Waals surface area contributed by atoms with Crippen LogP contribution >= 0.6 is 23.1 Å². The summed E-state index contributed by atoms with van der Waals surface area (Å²) >= 11 is 2.83. The van der Waals surface area contributed by atoms with Gasteiger partial charge in [-0.1, -0.05) is 12.1 Å². The van der Waals surface area contributed by atoms with Crippen LogP contribution in [0.2, 0.25) is 0 Å². The van der Waals surface area contributed by atoms with Gasteiger partial charge in [-0.05, 0) is 39.0 Å². The summed E-state index contributed by atoms with van der Waals surface area (Å²) in [5.41, 5.74) is 1.12. The SMILES string of the molecule is Cc1cc(NC(=O)C(C)SCC(=O)Nc2nc3c(s2)CC(C)CC3)no1. The zero-order valence-electron chi connectivity index (χ0n) is 15.0. The largest absolute Gasteiger partial charge is 0.360 e. The van der Waals surface area contributed by atoms with Crippen molar-refractivity contribution < 1.29 is 14.1 Å². The number of nitrogens with zero attached hydrogens (tertiary/aromatic N) is 2. The molecule has 3 rings (SSSR count). The highest BCUT2D eigenvalue weighted by Gasteiger charge is 2.21. The lowest BCUT2D eigenvalue weighted by molar-refractivity contribution is -0.115. The summed E-state index contributed by atoms with van der Waals surface area (Å²) in [6.45, 7) is 5.75. The van der Waals surface area contributed by atoms with Gasteiger partial charge in [-0.25, -0.2) is 4.98 Å². The van der Waals surface area contributed by atoms with Crippen molar-refractivity contribution in [3.63, 3.8) is 0 Å². The fourth-order valence-corrected chi connectivity index (χ4v) is 4.55. The van der Waals surface area contributed by atoms with Crippen LogP contribution in [0.15, 0.2) is 10.6 Å². The van der Waals surface area contributed by atoms with Crippen molar-refractivity contribution >= 4 is 45.9 Å². The van der Waals surface area contributed by atoms with Crippen molar-refractivity contribution in [1.29, 1.82) is 0 Å². The van der Waals surface area contributed by atoms with Crippen LogP contribution in [-0.2, 0) is 22.4 Å². The molecule has 0 aromatic carbocycles. The van der Waals surface area contributed by atoms with Gasteiger partial charge in [0.2, 0.25) is 11.8 Å². The van der Waals surface area contributed by atoms with Gasteiger partial charge in [0.1, 0.15) is 5.76 Å². The minimum atomic E-state index is -0.386. The number of amides is 2. The molecule has 7 nitrogen and oxygen atoms in total. The number of carbonyl (C=O) groups excluding carboxylic acids is 2. The smallest absolute Gasteiger partial charge is 0.238 e. The number of thioether (sulfide) groups is 1. The molecule has 2 N–H and O–H groups in total. The predicted molar refractivity (Wildman–Crippen MR) is 104 cm³/mol. The first-order valence-corrected chi connectivity index (χ1v) is 10.4. The van der Waals surface area contributed by atoms with Gasteiger partial charge in [-0.3, -0.25) is 9.59 Å². The van der Waals surface area contributed by atoms with Gasteiger partial charge in [0.15, 0.2) is 10.9 Å². The molecule has 0 radical (unpaired) electrons. The summed E-state index contributed by atoms with van der Waals surface area (Å²) in [5, 5.41) is 9.51. The Morgan fingerprint density at radius 3 is 3.00 bits per heavy atom. The monoisotopic (exact) mass is 394 g/mol. The molecule has 2 aromatic heterocycles. The van der Waals surface area contributed by atoms with Crippen LogP contribution < -0.4 is 10.6 Å². The first-order valence-electron chi connectivity index (χ1n) is 8.55. The number of aromatic nitrogens is 2. The Balaban J connectivity index is 1.45. The summed E-state index contributed by atoms with van der Waals surface area (Å²) < 4.78 is 4.91. The maximum Gasteiger partial charge on any atom is 0.238 e. The molecule has 0 bridgehead atoms. The van der Waals surface area contributed by atoms with Crippen LogP contribution in [0.3, 0.4) is 0 Å². The third-order valence-corrected chi connectivity index (χ3v) is 6.32. The first-order chi connectivity index (χ1) is 12.4. The van der Waals surface area contributed by atoms with Gasteiger partial charge in [0.25, 0.3) is 0 Å². The number of thiazole rings is 1. The van der Waals surface area contributed by atoms with E-state index in [0.717, 1.165) is 25.0 Å². The molecule has 2 amide bonds. The van der Waals surface area contributed by atoms with Gasteiger partial charge in [-0.2, -0.15) is 0 Å². The van der Waals surface area contributed by atoms with Gasteiger partial charge in [-0.15, -0.1) is 23.1 Å². The zero-order chi connectivity index (χ0) is 18.7. The van der Waals surface area contributed by atoms with Crippen LogP contribution in [0, 0.1) is 12.8 Å². The second kappa shape index (κ2) is 8.22. The van der Waals surface area contributed by atoms with Crippen LogP contribution in [0.4, 0.5) is 10.9 Å². The van der Waals surface area contributed by atoms with Gasteiger partial charge >= 0.3 is 0 Å². The second-order valence-electron chi connectivity index (χ2n) is 6.55. The Hall–Kier alpha value is -1.87. The number of hydrogen-bond acceptors (Lipinski definition) is 7. The number of carbonyl (C=O) groups is 2. The number of aryl methyl sites for hydroxylation is 2. The molecular formula is C17H22N4O3S2. The summed E-state index contributed by atoms with van der Waals surface area (Å²) in [6, 6.07) is 1.65. The van der Waals surface area contributed by atoms with E-state index in [9.17, 15) is 9.59 Å². The molecule has 9 heteroatoms. The van der Waals surface area contributed by atoms with E-state index in [2.05, 4.69) is 27.7 Å². The molecule has 2 atom stereocenters. The van der Waals surface area contributed by atoms with Crippen LogP contribution in [-0.4, -0.2) is 33.0 Å². The quantitative estimate of drug-likeness (QED) is 0.780. The highest BCUT2D eigenvalue weighted by atomic mass is 32.2. The van der Waals surface area contributed by atoms with Crippen LogP contribution in [0.1, 0.15) is 36.6 Å². The maximum atomic E-state index is 12.2. The summed E-state index contributed by atoms with van der Waals surface area (Å²) in [7, 11) is 0. The fourth-order valence-electron chi connectivity index (χ4n) is 2.68. The standard InChI is InChI=1S/C17H22N4O3S2/c1-9-4-5-12-13(6-9)26-17(18-12)20-15(22)8-25-11(3)16(23)19-14-7-10(2)24-21-14/h7,9,11H,4-6,8H2,1-3H3,(H,18,20,22)(H,19,21,23). The fraction of sp³-hybridized carbons (Fsp3) is 0.529. The normalized spacial score (nSPS) is 17.4. The van der Waals surface area contributed by atoms with E-state index in [1.807, 2.05) is 0 Å². The van der Waals surface area contributed by atoms with Gasteiger partial charge in [0, 0.05) is 10.9 Å². The van der Waals surface area contributed by atoms with Crippen LogP contribution in [0.25, 0.3) is 0 Å². The van der Waals surface area contributed by atoms with Crippen molar-refractivity contribution in [3.05, 3.63) is 22.4 Å². The highest BCUT2D eigenvalue weighted by Crippen LogP contribution is 2.32. The minimum absolute atomic E-state index is 0.147. The Morgan fingerprint density at radius 2 is 2.27 bits per heavy atom. The molecule has 2 heterocycles. The van der Waals surface area contributed by atoms with Crippen molar-refractivity contribution in [2.75, 3.05) is 16.4 Å². The van der Waals surface area contributed by atoms with E-state index in [-0.39, 0.29) is 22.8 Å². The van der Waals surface area contributed by atoms with Crippen molar-refractivity contribution in [2.24, 2.45) is 5.92 Å². The van der Waals surface area contributed by atoms with E-state index in [4.69, 9.17) is 4.52 Å². The molecule has 1 aliphatic rings. The van der Waals surface area contributed by atoms with E-state index in [1.54, 1.807) is 31.3 Å². The lowest BCUT2D eigenvalue weighted by atomic mass is 9.93. The molecule has 2 aromatic rings. The van der Waals surface area contributed by atoms with E-state index >= 15 is 0 Å². The first kappa shape index (κ1) is 18.9. The molecule has 0 aliphatic heterocycles. The minimum Gasteiger partial charge on any atom is -0.360 e. The molecule has 140 valence electrons. The van der Waals surface area contributed by atoms with Crippen LogP contribution in [0.5, 0.6) is 0 Å². The van der Waals surface area contributed by atoms with Crippen molar-refractivity contribution in [3.8, 4) is 0 Å². The molecule has 26 heavy (non-hydrogen) atoms. The predicted octanol–water partition coefficient (Wildman–Crippen LogP) is 3.26. The molecule has 2 unspecified atom stereocenters. The summed E-state index contributed by atoms with van der Waals surface area (Å²) in [5.74, 6) is 1.51. The van der Waals surface area contributed by atoms with E-state index in [0.29, 0.717) is 22.6 Å². The maximum absolute atomic E-state index is 12.2. The Morgan fingerprint density at radius 1 is 1.46 bits per heavy atom. The Kier molecular flexibility index (Phi) is 5.98. The van der Waals surface area contributed by atoms with Crippen molar-refractivity contribution in [2.45, 2.75) is 45.3 Å². The van der Waals surface area contributed by atoms with Gasteiger partial charge in [0.05, 0.1) is 16.7 Å². The lowest BCUT2D eigenvalue weighted by Crippen LogP contribution is -2.25. The Bertz CT molecular complexity index is 802. The third kappa shape index (κ3) is 4.85. The average Bonchev–Trinajstić information content (AvgIpc) is 3.17. The highest BCUT2D eigenvalue weighted by molar-refractivity contribution is 8.01.